The Morgan fingerprint density at radius 2 is 2.29 bits per heavy atom. The second-order valence-corrected chi connectivity index (χ2v) is 7.26. The van der Waals surface area contributed by atoms with Crippen LogP contribution in [0.1, 0.15) is 18.4 Å². The van der Waals surface area contributed by atoms with Crippen LogP contribution in [0.5, 0.6) is 0 Å². The van der Waals surface area contributed by atoms with Crippen LogP contribution in [0, 0.1) is 5.82 Å². The van der Waals surface area contributed by atoms with Crippen molar-refractivity contribution in [1.29, 1.82) is 0 Å². The van der Waals surface area contributed by atoms with E-state index in [1.54, 1.807) is 13.2 Å². The lowest BCUT2D eigenvalue weighted by Crippen LogP contribution is -2.53. The Morgan fingerprint density at radius 3 is 2.90 bits per heavy atom. The molecule has 1 fully saturated rings. The summed E-state index contributed by atoms with van der Waals surface area (Å²) < 4.78 is 45.1. The highest BCUT2D eigenvalue weighted by Crippen LogP contribution is 2.19. The summed E-state index contributed by atoms with van der Waals surface area (Å²) in [5, 5.41) is 3.30. The zero-order valence-electron chi connectivity index (χ0n) is 12.1. The van der Waals surface area contributed by atoms with Crippen molar-refractivity contribution in [3.8, 4) is 0 Å². The van der Waals surface area contributed by atoms with Gasteiger partial charge in [-0.25, -0.2) is 17.5 Å². The van der Waals surface area contributed by atoms with Crippen LogP contribution < -0.4 is 10.0 Å². The normalized spacial score (nSPS) is 22.6. The van der Waals surface area contributed by atoms with Crippen LogP contribution in [0.25, 0.3) is 0 Å². The molecule has 118 valence electrons. The maximum atomic E-state index is 13.1. The van der Waals surface area contributed by atoms with Crippen molar-refractivity contribution in [1.82, 2.24) is 10.0 Å². The molecule has 21 heavy (non-hydrogen) atoms. The maximum absolute atomic E-state index is 13.1. The number of ether oxygens (including phenoxy) is 1. The molecule has 0 spiro atoms. The van der Waals surface area contributed by atoms with Gasteiger partial charge in [-0.1, -0.05) is 12.1 Å². The molecular formula is C14H21FN2O3S. The third kappa shape index (κ3) is 4.74. The van der Waals surface area contributed by atoms with E-state index in [9.17, 15) is 12.8 Å². The zero-order chi connectivity index (χ0) is 15.3. The molecule has 2 rings (SSSR count). The van der Waals surface area contributed by atoms with Gasteiger partial charge in [0.2, 0.25) is 10.0 Å². The lowest BCUT2D eigenvalue weighted by Gasteiger charge is -2.28. The molecule has 0 bridgehead atoms. The van der Waals surface area contributed by atoms with Gasteiger partial charge >= 0.3 is 0 Å². The first-order valence-electron chi connectivity index (χ1n) is 6.90. The largest absolute Gasteiger partial charge is 0.383 e. The quantitative estimate of drug-likeness (QED) is 0.788. The highest BCUT2D eigenvalue weighted by molar-refractivity contribution is 7.88. The molecule has 2 N–H and O–H groups in total. The fraction of sp³-hybridized carbons (Fsp3) is 0.571. The average Bonchev–Trinajstić information content (AvgIpc) is 2.86. The molecule has 5 nitrogen and oxygen atoms in total. The molecule has 0 saturated carbocycles. The second-order valence-electron chi connectivity index (χ2n) is 5.45. The van der Waals surface area contributed by atoms with Gasteiger partial charge in [0, 0.05) is 13.7 Å². The van der Waals surface area contributed by atoms with Crippen LogP contribution in [0.2, 0.25) is 0 Å². The van der Waals surface area contributed by atoms with Crippen molar-refractivity contribution in [3.63, 3.8) is 0 Å². The molecule has 1 aliphatic rings. The third-order valence-corrected chi connectivity index (χ3v) is 4.93. The number of rotatable bonds is 7. The van der Waals surface area contributed by atoms with E-state index < -0.39 is 15.8 Å². The number of methoxy groups -OCH3 is 1. The summed E-state index contributed by atoms with van der Waals surface area (Å²) in [5.41, 5.74) is 0.0895. The average molecular weight is 316 g/mol. The van der Waals surface area contributed by atoms with Gasteiger partial charge in [0.15, 0.2) is 0 Å². The van der Waals surface area contributed by atoms with Crippen molar-refractivity contribution in [2.75, 3.05) is 26.8 Å². The molecule has 1 unspecified atom stereocenters. The first kappa shape index (κ1) is 16.4. The van der Waals surface area contributed by atoms with E-state index in [1.807, 2.05) is 0 Å². The van der Waals surface area contributed by atoms with Crippen molar-refractivity contribution in [2.24, 2.45) is 0 Å². The summed E-state index contributed by atoms with van der Waals surface area (Å²) >= 11 is 0. The lowest BCUT2D eigenvalue weighted by atomic mass is 9.99. The second kappa shape index (κ2) is 6.83. The minimum atomic E-state index is -3.51. The van der Waals surface area contributed by atoms with Gasteiger partial charge < -0.3 is 10.1 Å². The number of halogens is 1. The Balaban J connectivity index is 1.97. The van der Waals surface area contributed by atoms with Crippen LogP contribution in [0.15, 0.2) is 24.3 Å². The molecule has 1 atom stereocenters. The van der Waals surface area contributed by atoms with Gasteiger partial charge in [-0.05, 0) is 37.1 Å². The molecule has 1 saturated heterocycles. The standard InChI is InChI=1S/C14H21FN2O3S/c1-20-11-14(6-3-7-16-14)10-17-21(18,19)9-12-4-2-5-13(15)8-12/h2,4-5,8,16-17H,3,6-7,9-11H2,1H3. The summed E-state index contributed by atoms with van der Waals surface area (Å²) in [6.45, 7) is 1.59. The number of benzene rings is 1. The minimum absolute atomic E-state index is 0.228. The van der Waals surface area contributed by atoms with E-state index in [-0.39, 0.29) is 17.8 Å². The number of hydrogen-bond acceptors (Lipinski definition) is 4. The molecule has 1 aromatic rings. The Hall–Kier alpha value is -1.02. The number of nitrogens with one attached hydrogen (secondary N) is 2. The summed E-state index contributed by atoms with van der Waals surface area (Å²) in [5.74, 6) is -0.663. The zero-order valence-corrected chi connectivity index (χ0v) is 12.9. The summed E-state index contributed by atoms with van der Waals surface area (Å²) in [7, 11) is -1.91. The van der Waals surface area contributed by atoms with Gasteiger partial charge in [-0.2, -0.15) is 0 Å². The molecule has 0 amide bonds. The van der Waals surface area contributed by atoms with Gasteiger partial charge in [-0.15, -0.1) is 0 Å². The first-order valence-corrected chi connectivity index (χ1v) is 8.56. The molecule has 1 heterocycles. The van der Waals surface area contributed by atoms with E-state index in [0.29, 0.717) is 12.2 Å². The SMILES string of the molecule is COCC1(CNS(=O)(=O)Cc2cccc(F)c2)CCCN1. The van der Waals surface area contributed by atoms with E-state index in [4.69, 9.17) is 4.74 Å². The highest BCUT2D eigenvalue weighted by atomic mass is 32.2. The van der Waals surface area contributed by atoms with Crippen molar-refractivity contribution < 1.29 is 17.5 Å². The Morgan fingerprint density at radius 1 is 1.48 bits per heavy atom. The molecule has 0 radical (unpaired) electrons. The topological polar surface area (TPSA) is 67.4 Å². The smallest absolute Gasteiger partial charge is 0.215 e. The Labute approximate surface area is 124 Å². The monoisotopic (exact) mass is 316 g/mol. The molecule has 7 heteroatoms. The van der Waals surface area contributed by atoms with Gasteiger partial charge in [-0.3, -0.25) is 0 Å². The molecular weight excluding hydrogens is 295 g/mol. The van der Waals surface area contributed by atoms with E-state index in [1.165, 1.54) is 18.2 Å². The predicted molar refractivity (Wildman–Crippen MR) is 78.9 cm³/mol. The number of sulfonamides is 1. The van der Waals surface area contributed by atoms with E-state index in [0.717, 1.165) is 19.4 Å². The first-order chi connectivity index (χ1) is 9.95. The lowest BCUT2D eigenvalue weighted by molar-refractivity contribution is 0.122. The third-order valence-electron chi connectivity index (χ3n) is 3.63. The van der Waals surface area contributed by atoms with Gasteiger partial charge in [0.1, 0.15) is 5.82 Å². The fourth-order valence-electron chi connectivity index (χ4n) is 2.62. The van der Waals surface area contributed by atoms with Crippen molar-refractivity contribution in [3.05, 3.63) is 35.6 Å². The Bertz CT molecular complexity index is 571. The molecule has 1 aromatic carbocycles. The fourth-order valence-corrected chi connectivity index (χ4v) is 3.83. The van der Waals surface area contributed by atoms with Gasteiger partial charge in [0.25, 0.3) is 0 Å². The molecule has 0 aliphatic carbocycles. The van der Waals surface area contributed by atoms with Gasteiger partial charge in [0.05, 0.1) is 17.9 Å². The number of hydrogen-bond donors (Lipinski definition) is 2. The van der Waals surface area contributed by atoms with Crippen molar-refractivity contribution >= 4 is 10.0 Å². The van der Waals surface area contributed by atoms with Crippen LogP contribution in [0.4, 0.5) is 4.39 Å². The van der Waals surface area contributed by atoms with Crippen molar-refractivity contribution in [2.45, 2.75) is 24.1 Å². The molecule has 0 aromatic heterocycles. The summed E-state index contributed by atoms with van der Waals surface area (Å²) in [4.78, 5) is 0. The maximum Gasteiger partial charge on any atom is 0.215 e. The summed E-state index contributed by atoms with van der Waals surface area (Å²) in [6.07, 6.45) is 1.86. The van der Waals surface area contributed by atoms with E-state index in [2.05, 4.69) is 10.0 Å². The van der Waals surface area contributed by atoms with Crippen LogP contribution >= 0.6 is 0 Å². The highest BCUT2D eigenvalue weighted by Gasteiger charge is 2.34. The Kier molecular flexibility index (Phi) is 5.32. The summed E-state index contributed by atoms with van der Waals surface area (Å²) in [6, 6.07) is 5.63. The minimum Gasteiger partial charge on any atom is -0.383 e. The van der Waals surface area contributed by atoms with Crippen LogP contribution in [-0.2, 0) is 20.5 Å². The molecule has 1 aliphatic heterocycles. The van der Waals surface area contributed by atoms with Crippen LogP contribution in [0.3, 0.4) is 0 Å². The van der Waals surface area contributed by atoms with Crippen LogP contribution in [-0.4, -0.2) is 40.8 Å². The van der Waals surface area contributed by atoms with E-state index >= 15 is 0 Å². The predicted octanol–water partition coefficient (Wildman–Crippen LogP) is 1.01.